The van der Waals surface area contributed by atoms with Crippen molar-refractivity contribution in [3.63, 3.8) is 0 Å². The normalized spacial score (nSPS) is 13.5. The lowest BCUT2D eigenvalue weighted by Crippen LogP contribution is -2.62. The van der Waals surface area contributed by atoms with Gasteiger partial charge in [-0.1, -0.05) is 333 Å². The number of aromatic nitrogens is 2. The van der Waals surface area contributed by atoms with Crippen LogP contribution >= 0.6 is 0 Å². The number of para-hydroxylation sites is 5. The van der Waals surface area contributed by atoms with E-state index in [0.29, 0.717) is 32.5 Å². The fourth-order valence-electron chi connectivity index (χ4n) is 18.3. The van der Waals surface area contributed by atoms with Crippen molar-refractivity contribution in [2.75, 3.05) is 21.2 Å². The van der Waals surface area contributed by atoms with Gasteiger partial charge in [0.05, 0.1) is 22.0 Å². The van der Waals surface area contributed by atoms with Crippen LogP contribution in [-0.4, -0.2) is 22.4 Å². The van der Waals surface area contributed by atoms with Gasteiger partial charge in [0.1, 0.15) is 0 Å². The first kappa shape index (κ1) is 63.0. The predicted octanol–water partition coefficient (Wildman–Crippen LogP) is 26.3. The van der Waals surface area contributed by atoms with Crippen molar-refractivity contribution in [3.05, 3.63) is 409 Å². The Morgan fingerprint density at radius 1 is 0.328 bits per heavy atom. The Morgan fingerprint density at radius 3 is 1.31 bits per heavy atom. The molecule has 0 radical (unpaired) electrons. The molecule has 4 heterocycles. The maximum atomic E-state index is 9.56. The predicted molar refractivity (Wildman–Crippen MR) is 494 cm³/mol. The molecule has 0 N–H and O–H groups in total. The van der Waals surface area contributed by atoms with Crippen LogP contribution in [0.4, 0.5) is 34.1 Å². The third kappa shape index (κ3) is 13.0. The zero-order valence-corrected chi connectivity index (χ0v) is 66.2. The molecule has 560 valence electrons. The van der Waals surface area contributed by atoms with E-state index in [0.717, 1.165) is 134 Å². The van der Waals surface area contributed by atoms with Crippen molar-refractivity contribution in [2.45, 2.75) is 84.8 Å². The van der Waals surface area contributed by atoms with E-state index < -0.39 is 24.2 Å². The number of nitrogens with zero attached hydrogens (tertiary/aromatic N) is 5. The second-order valence-electron chi connectivity index (χ2n) is 33.2. The number of rotatable bonds is 18. The third-order valence-electron chi connectivity index (χ3n) is 24.2. The van der Waals surface area contributed by atoms with Crippen molar-refractivity contribution in [1.29, 1.82) is 0 Å². The zero-order chi connectivity index (χ0) is 85.1. The van der Waals surface area contributed by atoms with Gasteiger partial charge in [0, 0.05) is 98.6 Å². The molecule has 116 heavy (non-hydrogen) atoms. The van der Waals surface area contributed by atoms with Gasteiger partial charge < -0.3 is 23.8 Å². The maximum Gasteiger partial charge on any atom is 0.252 e. The van der Waals surface area contributed by atoms with E-state index in [1.165, 1.54) is 32.9 Å². The Morgan fingerprint density at radius 2 is 0.767 bits per heavy atom. The third-order valence-corrected chi connectivity index (χ3v) is 24.2. The molecule has 0 saturated heterocycles. The smallest absolute Gasteiger partial charge is 0.252 e. The van der Waals surface area contributed by atoms with Crippen LogP contribution in [0.2, 0.25) is 0 Å². The molecule has 0 bridgehead atoms. The number of hydrogen-bond acceptors (Lipinski definition) is 3. The van der Waals surface area contributed by atoms with E-state index in [1.807, 2.05) is 0 Å². The van der Waals surface area contributed by atoms with Crippen molar-refractivity contribution < 1.29 is 11.0 Å². The molecule has 0 unspecified atom stereocenters. The molecule has 0 aliphatic carbocycles. The minimum absolute atomic E-state index is 0.0731. The average molecular weight is 1500 g/mol. The molecule has 18 aromatic rings. The summed E-state index contributed by atoms with van der Waals surface area (Å²) in [5.41, 5.74) is 31.2. The first-order chi connectivity index (χ1) is 60.1. The molecule has 16 aromatic carbocycles. The van der Waals surface area contributed by atoms with Gasteiger partial charge in [0.2, 0.25) is 0 Å². The van der Waals surface area contributed by atoms with Gasteiger partial charge in [-0.2, -0.15) is 0 Å². The number of anilines is 6. The highest BCUT2D eigenvalue weighted by Crippen LogP contribution is 2.48. The Bertz CT molecular complexity index is 6990. The maximum absolute atomic E-state index is 9.56. The molecule has 5 nitrogen and oxygen atoms in total. The molecule has 0 fully saturated rings. The SMILES string of the molecule is [2H]c1c([2H])c([2H])c2c(c1[2H])c1c([2H])c([2H])c([2H])c([2H])c1n2CCc1ccc2c(c1)N(Cc1c(-c3ccccc3)cc(C(C)(C)C)cc1-c1ccccc1)c1cc(CCN(c3ccccc3)c3ccc(-n4c5ccccc5c5ccccc54)cc3)cc3c1B2c1ccc(-c2cccc(C(C)(C)C)c2)cc1N3Cc1c(-c2ccccc2)cccc1-c1ccccc1. The Balaban J connectivity index is 0.850. The molecule has 0 atom stereocenters. The number of aryl methyl sites for hydroxylation is 2. The van der Waals surface area contributed by atoms with Gasteiger partial charge in [-0.3, -0.25) is 0 Å². The lowest BCUT2D eigenvalue weighted by atomic mass is 9.33. The van der Waals surface area contributed by atoms with E-state index in [1.54, 1.807) is 4.57 Å². The van der Waals surface area contributed by atoms with Crippen LogP contribution in [0.1, 0.15) is 85.9 Å². The van der Waals surface area contributed by atoms with Crippen LogP contribution < -0.4 is 31.1 Å². The first-order valence-corrected chi connectivity index (χ1v) is 40.6. The van der Waals surface area contributed by atoms with Crippen LogP contribution in [0.15, 0.2) is 376 Å². The molecule has 6 heteroatoms. The quantitative estimate of drug-likeness (QED) is 0.0799. The van der Waals surface area contributed by atoms with Gasteiger partial charge in [-0.05, 0) is 214 Å². The molecule has 0 spiro atoms. The summed E-state index contributed by atoms with van der Waals surface area (Å²) in [4.78, 5) is 7.75. The minimum Gasteiger partial charge on any atom is -0.341 e. The fourth-order valence-corrected chi connectivity index (χ4v) is 18.3. The second-order valence-corrected chi connectivity index (χ2v) is 33.2. The van der Waals surface area contributed by atoms with Gasteiger partial charge >= 0.3 is 0 Å². The van der Waals surface area contributed by atoms with Gasteiger partial charge in [-0.25, -0.2) is 0 Å². The summed E-state index contributed by atoms with van der Waals surface area (Å²) in [7, 11) is 0. The van der Waals surface area contributed by atoms with E-state index in [2.05, 4.69) is 388 Å². The highest BCUT2D eigenvalue weighted by Gasteiger charge is 2.44. The second kappa shape index (κ2) is 29.5. The molecule has 2 aromatic heterocycles. The summed E-state index contributed by atoms with van der Waals surface area (Å²) in [6, 6.07) is 117. The van der Waals surface area contributed by atoms with Crippen LogP contribution in [-0.2, 0) is 43.3 Å². The Hall–Kier alpha value is -13.4. The number of fused-ring (bicyclic) bond motifs is 10. The Kier molecular flexibility index (Phi) is 16.0. The monoisotopic (exact) mass is 1500 g/mol. The van der Waals surface area contributed by atoms with Gasteiger partial charge in [0.15, 0.2) is 0 Å². The highest BCUT2D eigenvalue weighted by molar-refractivity contribution is 7.00. The molecule has 0 amide bonds. The topological polar surface area (TPSA) is 19.6 Å². The summed E-state index contributed by atoms with van der Waals surface area (Å²) in [6.07, 6.45) is 0.939. The molecule has 20 rings (SSSR count). The van der Waals surface area contributed by atoms with E-state index in [-0.39, 0.29) is 70.1 Å². The molecule has 2 aliphatic rings. The fraction of sp³-hybridized carbons (Fsp3) is 0.127. The van der Waals surface area contributed by atoms with Crippen molar-refractivity contribution in [2.24, 2.45) is 0 Å². The van der Waals surface area contributed by atoms with E-state index >= 15 is 0 Å². The van der Waals surface area contributed by atoms with Crippen LogP contribution in [0.25, 0.3) is 105 Å². The van der Waals surface area contributed by atoms with Crippen LogP contribution in [0.3, 0.4) is 0 Å². The lowest BCUT2D eigenvalue weighted by Gasteiger charge is -2.45. The standard InChI is InChI=1S/C110H92BN5/c1-109(2,3)83-41-30-40-81(69-83)82-55-61-99-105(70-82)115(73-96-88(77-32-12-7-13-33-77)48-31-49-89(96)78-34-14-8-15-35-78)107-68-76(63-64-112(85-42-20-11-21-43-85)86-56-58-87(59-57-86)116-102-52-28-24-46-92(102)93-47-25-29-53-103(93)116)67-106-108(107)111(99)98-60-54-75(62-65-113-100-50-26-22-44-90(100)91-45-23-27-51-101(91)113)66-104(98)114(106)74-97-94(79-36-16-9-17-37-79)71-84(110(4,5)6)72-95(97)80-38-18-10-19-39-80/h7-61,66-72H,62-65,73-74H2,1-6H3/i22D,23D,26D,27D,44D,45D,50D,51D. The van der Waals surface area contributed by atoms with E-state index in [4.69, 9.17) is 5.48 Å². The number of benzene rings is 16. The van der Waals surface area contributed by atoms with Gasteiger partial charge in [0.25, 0.3) is 6.71 Å². The van der Waals surface area contributed by atoms with Crippen LogP contribution in [0, 0.1) is 0 Å². The zero-order valence-electron chi connectivity index (χ0n) is 74.2. The van der Waals surface area contributed by atoms with Crippen LogP contribution in [0.5, 0.6) is 0 Å². The summed E-state index contributed by atoms with van der Waals surface area (Å²) >= 11 is 0. The molecule has 2 aliphatic heterocycles. The molecule has 0 saturated carbocycles. The molecular formula is C110H92BN5. The number of hydrogen-bond donors (Lipinski definition) is 0. The summed E-state index contributed by atoms with van der Waals surface area (Å²) in [6.45, 7) is 15.0. The van der Waals surface area contributed by atoms with Gasteiger partial charge in [-0.15, -0.1) is 0 Å². The lowest BCUT2D eigenvalue weighted by molar-refractivity contribution is 0.590. The largest absolute Gasteiger partial charge is 0.341 e. The summed E-state index contributed by atoms with van der Waals surface area (Å²) in [5.74, 6) is 0. The summed E-state index contributed by atoms with van der Waals surface area (Å²) in [5, 5.41) is 2.57. The minimum atomic E-state index is -0.466. The Labute approximate surface area is 693 Å². The first-order valence-electron chi connectivity index (χ1n) is 44.6. The van der Waals surface area contributed by atoms with Crippen molar-refractivity contribution in [1.82, 2.24) is 9.13 Å². The van der Waals surface area contributed by atoms with E-state index in [9.17, 15) is 5.48 Å². The van der Waals surface area contributed by atoms with Crippen molar-refractivity contribution in [3.8, 4) is 61.3 Å². The summed E-state index contributed by atoms with van der Waals surface area (Å²) < 4.78 is 77.9. The van der Waals surface area contributed by atoms with Crippen molar-refractivity contribution >= 4 is 101 Å². The molecular weight excluding hydrogens is 1400 g/mol. The average Bonchev–Trinajstić information content (AvgIpc) is 1.11. The highest BCUT2D eigenvalue weighted by atomic mass is 15.2.